The number of thioether (sulfide) groups is 1. The van der Waals surface area contributed by atoms with Crippen LogP contribution in [0.5, 0.6) is 0 Å². The molecule has 1 aromatic rings. The quantitative estimate of drug-likeness (QED) is 0.842. The third-order valence-electron chi connectivity index (χ3n) is 2.08. The van der Waals surface area contributed by atoms with Crippen molar-refractivity contribution in [2.24, 2.45) is 0 Å². The summed E-state index contributed by atoms with van der Waals surface area (Å²) in [6, 6.07) is 0. The molecule has 14 heavy (non-hydrogen) atoms. The third kappa shape index (κ3) is 2.97. The van der Waals surface area contributed by atoms with Gasteiger partial charge in [-0.25, -0.2) is 4.98 Å². The Kier molecular flexibility index (Phi) is 4.41. The fourth-order valence-corrected chi connectivity index (χ4v) is 3.00. The highest BCUT2D eigenvalue weighted by molar-refractivity contribution is 7.97. The summed E-state index contributed by atoms with van der Waals surface area (Å²) >= 11 is 3.57. The maximum atomic E-state index is 4.63. The zero-order chi connectivity index (χ0) is 10.6. The van der Waals surface area contributed by atoms with Crippen LogP contribution in [-0.2, 0) is 11.3 Å². The summed E-state index contributed by atoms with van der Waals surface area (Å²) in [5, 5.41) is 6.81. The van der Waals surface area contributed by atoms with Gasteiger partial charge < -0.3 is 5.32 Å². The van der Waals surface area contributed by atoms with Crippen molar-refractivity contribution in [3.8, 4) is 0 Å². The molecule has 0 aromatic carbocycles. The number of thiazole rings is 1. The maximum Gasteiger partial charge on any atom is 0.103 e. The van der Waals surface area contributed by atoms with Gasteiger partial charge in [0.15, 0.2) is 0 Å². The molecule has 0 unspecified atom stereocenters. The monoisotopic (exact) mass is 230 g/mol. The van der Waals surface area contributed by atoms with Gasteiger partial charge in [0.1, 0.15) is 5.01 Å². The zero-order valence-electron chi connectivity index (χ0n) is 9.26. The molecule has 0 saturated heterocycles. The molecule has 1 aromatic heterocycles. The molecule has 0 fully saturated rings. The lowest BCUT2D eigenvalue weighted by molar-refractivity contribution is 0.405. The molecule has 80 valence electrons. The van der Waals surface area contributed by atoms with Gasteiger partial charge in [-0.05, 0) is 26.6 Å². The molecule has 0 spiro atoms. The molecule has 1 rings (SSSR count). The van der Waals surface area contributed by atoms with Gasteiger partial charge in [0.25, 0.3) is 0 Å². The smallest absolute Gasteiger partial charge is 0.103 e. The fraction of sp³-hybridized carbons (Fsp3) is 0.700. The van der Waals surface area contributed by atoms with Crippen molar-refractivity contribution in [2.45, 2.75) is 32.1 Å². The van der Waals surface area contributed by atoms with Crippen LogP contribution in [0.15, 0.2) is 5.38 Å². The van der Waals surface area contributed by atoms with Crippen molar-refractivity contribution in [1.29, 1.82) is 0 Å². The van der Waals surface area contributed by atoms with E-state index in [1.54, 1.807) is 11.3 Å². The van der Waals surface area contributed by atoms with Crippen LogP contribution in [0.4, 0.5) is 0 Å². The molecule has 0 aliphatic heterocycles. The second-order valence-corrected chi connectivity index (χ2v) is 5.52. The van der Waals surface area contributed by atoms with Crippen LogP contribution in [0.2, 0.25) is 0 Å². The molecule has 0 radical (unpaired) electrons. The van der Waals surface area contributed by atoms with Crippen LogP contribution in [0.1, 0.15) is 31.5 Å². The lowest BCUT2D eigenvalue weighted by Crippen LogP contribution is -2.36. The largest absolute Gasteiger partial charge is 0.307 e. The van der Waals surface area contributed by atoms with Gasteiger partial charge in [-0.1, -0.05) is 6.92 Å². The highest BCUT2D eigenvalue weighted by Crippen LogP contribution is 2.23. The second kappa shape index (κ2) is 5.14. The van der Waals surface area contributed by atoms with Gasteiger partial charge >= 0.3 is 0 Å². The van der Waals surface area contributed by atoms with Crippen LogP contribution < -0.4 is 5.32 Å². The van der Waals surface area contributed by atoms with Crippen molar-refractivity contribution in [3.63, 3.8) is 0 Å². The Morgan fingerprint density at radius 1 is 1.57 bits per heavy atom. The predicted molar refractivity (Wildman–Crippen MR) is 66.0 cm³/mol. The standard InChI is InChI=1S/C10H18N2S2/c1-5-11-10(2,3)8-6-14-9(12-8)7-13-4/h6,11H,5,7H2,1-4H3. The number of nitrogens with zero attached hydrogens (tertiary/aromatic N) is 1. The number of aromatic nitrogens is 1. The fourth-order valence-electron chi connectivity index (χ4n) is 1.32. The van der Waals surface area contributed by atoms with Crippen molar-refractivity contribution < 1.29 is 0 Å². The van der Waals surface area contributed by atoms with Gasteiger partial charge in [0.05, 0.1) is 11.2 Å². The minimum absolute atomic E-state index is 0.00189. The minimum atomic E-state index is 0.00189. The van der Waals surface area contributed by atoms with E-state index in [-0.39, 0.29) is 5.54 Å². The predicted octanol–water partition coefficient (Wildman–Crippen LogP) is 2.85. The van der Waals surface area contributed by atoms with Crippen LogP contribution in [0.3, 0.4) is 0 Å². The summed E-state index contributed by atoms with van der Waals surface area (Å²) in [5.41, 5.74) is 1.16. The molecule has 1 N–H and O–H groups in total. The van der Waals surface area contributed by atoms with Crippen molar-refractivity contribution >= 4 is 23.1 Å². The van der Waals surface area contributed by atoms with Crippen LogP contribution in [0, 0.1) is 0 Å². The molecule has 0 bridgehead atoms. The molecule has 1 heterocycles. The SMILES string of the molecule is CCNC(C)(C)c1csc(CSC)n1. The van der Waals surface area contributed by atoms with E-state index in [4.69, 9.17) is 0 Å². The number of nitrogens with one attached hydrogen (secondary N) is 1. The Balaban J connectivity index is 2.74. The molecular formula is C10H18N2S2. The van der Waals surface area contributed by atoms with Gasteiger partial charge in [-0.3, -0.25) is 0 Å². The zero-order valence-corrected chi connectivity index (χ0v) is 10.9. The highest BCUT2D eigenvalue weighted by atomic mass is 32.2. The Morgan fingerprint density at radius 3 is 2.86 bits per heavy atom. The molecular weight excluding hydrogens is 212 g/mol. The van der Waals surface area contributed by atoms with Crippen molar-refractivity contribution in [1.82, 2.24) is 10.3 Å². The van der Waals surface area contributed by atoms with E-state index in [2.05, 4.69) is 42.7 Å². The molecule has 2 nitrogen and oxygen atoms in total. The topological polar surface area (TPSA) is 24.9 Å². The van der Waals surface area contributed by atoms with Crippen LogP contribution in [0.25, 0.3) is 0 Å². The number of rotatable bonds is 5. The summed E-state index contributed by atoms with van der Waals surface area (Å²) in [6.07, 6.45) is 2.11. The van der Waals surface area contributed by atoms with E-state index in [1.807, 2.05) is 11.8 Å². The second-order valence-electron chi connectivity index (χ2n) is 3.71. The first kappa shape index (κ1) is 12.0. The number of hydrogen-bond acceptors (Lipinski definition) is 4. The van der Waals surface area contributed by atoms with E-state index < -0.39 is 0 Å². The van der Waals surface area contributed by atoms with E-state index >= 15 is 0 Å². The van der Waals surface area contributed by atoms with E-state index in [9.17, 15) is 0 Å². The highest BCUT2D eigenvalue weighted by Gasteiger charge is 2.21. The molecule has 0 atom stereocenters. The molecule has 4 heteroatoms. The summed E-state index contributed by atoms with van der Waals surface area (Å²) in [7, 11) is 0. The average Bonchev–Trinajstić information content (AvgIpc) is 2.54. The summed E-state index contributed by atoms with van der Waals surface area (Å²) in [6.45, 7) is 7.45. The number of hydrogen-bond donors (Lipinski definition) is 1. The Labute approximate surface area is 94.5 Å². The lowest BCUT2D eigenvalue weighted by atomic mass is 10.0. The van der Waals surface area contributed by atoms with Crippen molar-refractivity contribution in [2.75, 3.05) is 12.8 Å². The van der Waals surface area contributed by atoms with Gasteiger partial charge in [-0.2, -0.15) is 11.8 Å². The summed E-state index contributed by atoms with van der Waals surface area (Å²) in [4.78, 5) is 4.63. The van der Waals surface area contributed by atoms with Gasteiger partial charge in [-0.15, -0.1) is 11.3 Å². The minimum Gasteiger partial charge on any atom is -0.307 e. The molecule has 0 aliphatic carbocycles. The lowest BCUT2D eigenvalue weighted by Gasteiger charge is -2.23. The summed E-state index contributed by atoms with van der Waals surface area (Å²) < 4.78 is 0. The molecule has 0 aliphatic rings. The average molecular weight is 230 g/mol. The Bertz CT molecular complexity index is 281. The summed E-state index contributed by atoms with van der Waals surface area (Å²) in [5.74, 6) is 1.02. The third-order valence-corrected chi connectivity index (χ3v) is 3.67. The van der Waals surface area contributed by atoms with Gasteiger partial charge in [0, 0.05) is 11.1 Å². The Hall–Kier alpha value is -0.0600. The molecule has 0 amide bonds. The van der Waals surface area contributed by atoms with E-state index in [0.717, 1.165) is 18.0 Å². The van der Waals surface area contributed by atoms with Gasteiger partial charge in [0.2, 0.25) is 0 Å². The van der Waals surface area contributed by atoms with E-state index in [0.29, 0.717) is 0 Å². The normalized spacial score (nSPS) is 12.0. The van der Waals surface area contributed by atoms with E-state index in [1.165, 1.54) is 5.01 Å². The molecule has 0 saturated carbocycles. The van der Waals surface area contributed by atoms with Crippen molar-refractivity contribution in [3.05, 3.63) is 16.1 Å². The Morgan fingerprint density at radius 2 is 2.29 bits per heavy atom. The first-order chi connectivity index (χ1) is 6.60. The first-order valence-electron chi connectivity index (χ1n) is 4.79. The maximum absolute atomic E-state index is 4.63. The first-order valence-corrected chi connectivity index (χ1v) is 7.06. The van der Waals surface area contributed by atoms with Crippen LogP contribution >= 0.6 is 23.1 Å². The van der Waals surface area contributed by atoms with Crippen LogP contribution in [-0.4, -0.2) is 17.8 Å².